The standard InChI is InChI=1S/C20H16ClN5O3/c1-27-13-6-4-5-12(9-13)20-22-19(24-29-20)18-16-11-28-17(10-26(16)25-23-18)14-7-2-3-8-15(14)21/h2-9,17H,10-11H2,1H3. The van der Waals surface area contributed by atoms with E-state index in [0.717, 1.165) is 16.8 Å². The molecule has 146 valence electrons. The molecule has 5 rings (SSSR count). The fourth-order valence-electron chi connectivity index (χ4n) is 3.30. The third-order valence-corrected chi connectivity index (χ3v) is 5.15. The van der Waals surface area contributed by atoms with Gasteiger partial charge in [-0.3, -0.25) is 0 Å². The molecule has 1 atom stereocenters. The van der Waals surface area contributed by atoms with Gasteiger partial charge in [0.15, 0.2) is 5.69 Å². The van der Waals surface area contributed by atoms with Gasteiger partial charge in [0.05, 0.1) is 26.0 Å². The van der Waals surface area contributed by atoms with E-state index in [2.05, 4.69) is 20.5 Å². The van der Waals surface area contributed by atoms with E-state index < -0.39 is 0 Å². The number of halogens is 1. The minimum absolute atomic E-state index is 0.191. The molecule has 0 radical (unpaired) electrons. The van der Waals surface area contributed by atoms with E-state index in [-0.39, 0.29) is 6.10 Å². The molecular weight excluding hydrogens is 394 g/mol. The number of nitrogens with zero attached hydrogens (tertiary/aromatic N) is 5. The maximum Gasteiger partial charge on any atom is 0.258 e. The molecule has 0 fully saturated rings. The van der Waals surface area contributed by atoms with Crippen LogP contribution in [-0.4, -0.2) is 32.2 Å². The Balaban J connectivity index is 1.42. The van der Waals surface area contributed by atoms with E-state index >= 15 is 0 Å². The summed E-state index contributed by atoms with van der Waals surface area (Å²) < 4.78 is 18.5. The first-order valence-electron chi connectivity index (χ1n) is 9.00. The van der Waals surface area contributed by atoms with Crippen molar-refractivity contribution in [2.75, 3.05) is 7.11 Å². The van der Waals surface area contributed by atoms with Gasteiger partial charge in [0.2, 0.25) is 5.82 Å². The molecule has 2 aromatic heterocycles. The Kier molecular flexibility index (Phi) is 4.49. The van der Waals surface area contributed by atoms with Crippen molar-refractivity contribution in [2.45, 2.75) is 19.3 Å². The largest absolute Gasteiger partial charge is 0.497 e. The monoisotopic (exact) mass is 409 g/mol. The fraction of sp³-hybridized carbons (Fsp3) is 0.200. The predicted molar refractivity (Wildman–Crippen MR) is 104 cm³/mol. The van der Waals surface area contributed by atoms with Crippen LogP contribution in [0, 0.1) is 0 Å². The van der Waals surface area contributed by atoms with Crippen molar-refractivity contribution < 1.29 is 14.0 Å². The molecule has 0 aliphatic carbocycles. The highest BCUT2D eigenvalue weighted by Gasteiger charge is 2.28. The van der Waals surface area contributed by atoms with Gasteiger partial charge < -0.3 is 14.0 Å². The Morgan fingerprint density at radius 1 is 1.17 bits per heavy atom. The van der Waals surface area contributed by atoms with Crippen molar-refractivity contribution in [3.8, 4) is 28.7 Å². The topological polar surface area (TPSA) is 88.1 Å². The molecule has 0 saturated carbocycles. The number of ether oxygens (including phenoxy) is 2. The molecule has 0 saturated heterocycles. The van der Waals surface area contributed by atoms with Crippen LogP contribution in [-0.2, 0) is 17.9 Å². The summed E-state index contributed by atoms with van der Waals surface area (Å²) in [6.07, 6.45) is -0.191. The van der Waals surface area contributed by atoms with E-state index in [0.29, 0.717) is 41.3 Å². The van der Waals surface area contributed by atoms with E-state index in [1.54, 1.807) is 11.8 Å². The minimum atomic E-state index is -0.191. The van der Waals surface area contributed by atoms with E-state index in [1.165, 1.54) is 0 Å². The summed E-state index contributed by atoms with van der Waals surface area (Å²) in [6.45, 7) is 0.827. The predicted octanol–water partition coefficient (Wildman–Crippen LogP) is 3.93. The van der Waals surface area contributed by atoms with Gasteiger partial charge in [-0.15, -0.1) is 5.10 Å². The maximum absolute atomic E-state index is 6.30. The Hall–Kier alpha value is -3.23. The van der Waals surface area contributed by atoms with Crippen LogP contribution < -0.4 is 4.74 Å². The normalized spacial score (nSPS) is 15.9. The number of methoxy groups -OCH3 is 1. The second kappa shape index (κ2) is 7.31. The second-order valence-corrected chi connectivity index (χ2v) is 6.95. The lowest BCUT2D eigenvalue weighted by atomic mass is 10.1. The first-order chi connectivity index (χ1) is 14.2. The van der Waals surface area contributed by atoms with Crippen LogP contribution in [0.15, 0.2) is 53.1 Å². The minimum Gasteiger partial charge on any atom is -0.497 e. The number of hydrogen-bond acceptors (Lipinski definition) is 7. The molecule has 29 heavy (non-hydrogen) atoms. The van der Waals surface area contributed by atoms with Gasteiger partial charge in [0.25, 0.3) is 5.89 Å². The Morgan fingerprint density at radius 2 is 2.07 bits per heavy atom. The van der Waals surface area contributed by atoms with Crippen LogP contribution >= 0.6 is 11.6 Å². The zero-order chi connectivity index (χ0) is 19.8. The number of benzene rings is 2. The summed E-state index contributed by atoms with van der Waals surface area (Å²) in [4.78, 5) is 4.47. The zero-order valence-corrected chi connectivity index (χ0v) is 16.2. The maximum atomic E-state index is 6.30. The lowest BCUT2D eigenvalue weighted by Crippen LogP contribution is -2.22. The van der Waals surface area contributed by atoms with Gasteiger partial charge in [-0.25, -0.2) is 4.68 Å². The lowest BCUT2D eigenvalue weighted by Gasteiger charge is -2.24. The van der Waals surface area contributed by atoms with E-state index in [9.17, 15) is 0 Å². The number of aromatic nitrogens is 5. The Bertz CT molecular complexity index is 1170. The third kappa shape index (κ3) is 3.26. The molecule has 0 N–H and O–H groups in total. The molecule has 1 aliphatic heterocycles. The number of fused-ring (bicyclic) bond motifs is 1. The highest BCUT2D eigenvalue weighted by atomic mass is 35.5. The Labute approximate surface area is 171 Å². The molecule has 0 spiro atoms. The van der Waals surface area contributed by atoms with Crippen molar-refractivity contribution in [2.24, 2.45) is 0 Å². The molecule has 9 heteroatoms. The lowest BCUT2D eigenvalue weighted by molar-refractivity contribution is -0.00106. The van der Waals surface area contributed by atoms with Gasteiger partial charge in [-0.05, 0) is 24.3 Å². The van der Waals surface area contributed by atoms with Crippen molar-refractivity contribution >= 4 is 11.6 Å². The van der Waals surface area contributed by atoms with E-state index in [4.69, 9.17) is 25.6 Å². The molecule has 3 heterocycles. The smallest absolute Gasteiger partial charge is 0.258 e. The first kappa shape index (κ1) is 17.8. The number of hydrogen-bond donors (Lipinski definition) is 0. The summed E-state index contributed by atoms with van der Waals surface area (Å²) in [5, 5.41) is 13.2. The molecule has 0 amide bonds. The van der Waals surface area contributed by atoms with Crippen LogP contribution in [0.25, 0.3) is 23.0 Å². The molecular formula is C20H16ClN5O3. The average molecular weight is 410 g/mol. The second-order valence-electron chi connectivity index (χ2n) is 6.54. The molecule has 0 bridgehead atoms. The summed E-state index contributed by atoms with van der Waals surface area (Å²) in [6, 6.07) is 15.0. The summed E-state index contributed by atoms with van der Waals surface area (Å²) in [5.41, 5.74) is 3.03. The molecule has 2 aromatic carbocycles. The van der Waals surface area contributed by atoms with Crippen LogP contribution in [0.5, 0.6) is 5.75 Å². The van der Waals surface area contributed by atoms with Gasteiger partial charge in [0.1, 0.15) is 11.9 Å². The zero-order valence-electron chi connectivity index (χ0n) is 15.4. The quantitative estimate of drug-likeness (QED) is 0.504. The molecule has 4 aromatic rings. The van der Waals surface area contributed by atoms with Gasteiger partial charge in [-0.1, -0.05) is 46.2 Å². The highest BCUT2D eigenvalue weighted by Crippen LogP contribution is 2.33. The van der Waals surface area contributed by atoms with Gasteiger partial charge in [0, 0.05) is 16.1 Å². The molecule has 1 aliphatic rings. The van der Waals surface area contributed by atoms with Crippen LogP contribution in [0.3, 0.4) is 0 Å². The summed E-state index contributed by atoms with van der Waals surface area (Å²) in [5.74, 6) is 1.46. The summed E-state index contributed by atoms with van der Waals surface area (Å²) >= 11 is 6.30. The van der Waals surface area contributed by atoms with Crippen LogP contribution in [0.4, 0.5) is 0 Å². The molecule has 8 nitrogen and oxygen atoms in total. The highest BCUT2D eigenvalue weighted by molar-refractivity contribution is 6.31. The van der Waals surface area contributed by atoms with Crippen molar-refractivity contribution in [3.05, 3.63) is 64.8 Å². The summed E-state index contributed by atoms with van der Waals surface area (Å²) in [7, 11) is 1.61. The SMILES string of the molecule is COc1cccc(-c2nc(-c3nnn4c3COC(c3ccccc3Cl)C4)no2)c1. The van der Waals surface area contributed by atoms with Gasteiger partial charge >= 0.3 is 0 Å². The fourth-order valence-corrected chi connectivity index (χ4v) is 3.56. The first-order valence-corrected chi connectivity index (χ1v) is 9.37. The van der Waals surface area contributed by atoms with Crippen molar-refractivity contribution in [1.29, 1.82) is 0 Å². The van der Waals surface area contributed by atoms with Crippen LogP contribution in [0.2, 0.25) is 5.02 Å². The Morgan fingerprint density at radius 3 is 2.93 bits per heavy atom. The van der Waals surface area contributed by atoms with Crippen molar-refractivity contribution in [1.82, 2.24) is 25.1 Å². The van der Waals surface area contributed by atoms with Crippen LogP contribution in [0.1, 0.15) is 17.4 Å². The molecule has 1 unspecified atom stereocenters. The average Bonchev–Trinajstić information content (AvgIpc) is 3.40. The van der Waals surface area contributed by atoms with Gasteiger partial charge in [-0.2, -0.15) is 4.98 Å². The van der Waals surface area contributed by atoms with E-state index in [1.807, 2.05) is 48.5 Å². The van der Waals surface area contributed by atoms with Crippen molar-refractivity contribution in [3.63, 3.8) is 0 Å². The number of rotatable bonds is 4. The third-order valence-electron chi connectivity index (χ3n) is 4.80.